The number of aromatic nitrogens is 2. The van der Waals surface area contributed by atoms with Gasteiger partial charge in [-0.1, -0.05) is 6.07 Å². The lowest BCUT2D eigenvalue weighted by molar-refractivity contribution is 0.412. The number of rotatable bonds is 4. The van der Waals surface area contributed by atoms with Crippen molar-refractivity contribution in [1.82, 2.24) is 9.78 Å². The summed E-state index contributed by atoms with van der Waals surface area (Å²) in [5, 5.41) is 7.29. The monoisotopic (exact) mass is 415 g/mol. The van der Waals surface area contributed by atoms with Crippen LogP contribution < -0.4 is 15.6 Å². The summed E-state index contributed by atoms with van der Waals surface area (Å²) < 4.78 is 7.86. The molecule has 0 aliphatic heterocycles. The summed E-state index contributed by atoms with van der Waals surface area (Å²) in [6.45, 7) is 2.01. The smallest absolute Gasteiger partial charge is 0.282 e. The van der Waals surface area contributed by atoms with Crippen molar-refractivity contribution in [2.45, 2.75) is 13.0 Å². The van der Waals surface area contributed by atoms with Gasteiger partial charge in [-0.05, 0) is 56.5 Å². The lowest BCUT2D eigenvalue weighted by Gasteiger charge is -2.17. The van der Waals surface area contributed by atoms with Crippen LogP contribution in [0.4, 0.5) is 5.69 Å². The molecule has 0 radical (unpaired) electrons. The van der Waals surface area contributed by atoms with E-state index >= 15 is 0 Å². The second-order valence-corrected chi connectivity index (χ2v) is 6.21. The van der Waals surface area contributed by atoms with E-state index in [1.807, 2.05) is 25.1 Å². The van der Waals surface area contributed by atoms with Crippen LogP contribution in [0, 0.1) is 0 Å². The van der Waals surface area contributed by atoms with E-state index in [-0.39, 0.29) is 11.6 Å². The van der Waals surface area contributed by atoms with Gasteiger partial charge in [0, 0.05) is 13.1 Å². The predicted molar refractivity (Wildman–Crippen MR) is 89.9 cm³/mol. The molecule has 0 aliphatic carbocycles. The molecule has 0 saturated carbocycles. The molecule has 0 fully saturated rings. The molecule has 0 saturated heterocycles. The third-order valence-corrected chi connectivity index (χ3v) is 4.51. The first-order valence-electron chi connectivity index (χ1n) is 6.25. The van der Waals surface area contributed by atoms with Gasteiger partial charge in [0.25, 0.3) is 5.56 Å². The summed E-state index contributed by atoms with van der Waals surface area (Å²) in [6.07, 6.45) is 1.63. The minimum atomic E-state index is -0.178. The van der Waals surface area contributed by atoms with E-state index in [0.29, 0.717) is 10.2 Å². The van der Waals surface area contributed by atoms with Crippen molar-refractivity contribution < 1.29 is 4.74 Å². The quantitative estimate of drug-likeness (QED) is 0.828. The molecule has 0 aliphatic rings. The normalized spacial score (nSPS) is 12.0. The molecule has 2 rings (SSSR count). The van der Waals surface area contributed by atoms with Crippen LogP contribution in [0.5, 0.6) is 5.75 Å². The number of hydrogen-bond donors (Lipinski definition) is 1. The van der Waals surface area contributed by atoms with Gasteiger partial charge in [-0.3, -0.25) is 4.79 Å². The van der Waals surface area contributed by atoms with Crippen LogP contribution >= 0.6 is 31.9 Å². The SMILES string of the molecule is COc1ccc(C(C)Nc2cnn(C)c(=O)c2Br)cc1Br. The van der Waals surface area contributed by atoms with Crippen molar-refractivity contribution in [2.24, 2.45) is 7.05 Å². The molecule has 21 heavy (non-hydrogen) atoms. The second kappa shape index (κ2) is 6.62. The summed E-state index contributed by atoms with van der Waals surface area (Å²) in [5.74, 6) is 0.780. The van der Waals surface area contributed by atoms with E-state index in [0.717, 1.165) is 15.8 Å². The van der Waals surface area contributed by atoms with Crippen LogP contribution in [0.1, 0.15) is 18.5 Å². The lowest BCUT2D eigenvalue weighted by Crippen LogP contribution is -2.22. The van der Waals surface area contributed by atoms with Crippen LogP contribution in [0.15, 0.2) is 38.1 Å². The van der Waals surface area contributed by atoms with Crippen molar-refractivity contribution in [3.8, 4) is 5.75 Å². The van der Waals surface area contributed by atoms with Gasteiger partial charge in [-0.2, -0.15) is 5.10 Å². The zero-order chi connectivity index (χ0) is 15.6. The van der Waals surface area contributed by atoms with Gasteiger partial charge >= 0.3 is 0 Å². The molecule has 1 N–H and O–H groups in total. The maximum absolute atomic E-state index is 11.8. The molecule has 1 atom stereocenters. The van der Waals surface area contributed by atoms with Gasteiger partial charge in [0.05, 0.1) is 23.5 Å². The van der Waals surface area contributed by atoms with Crippen LogP contribution in [0.25, 0.3) is 0 Å². The molecule has 1 unspecified atom stereocenters. The highest BCUT2D eigenvalue weighted by Crippen LogP contribution is 2.30. The van der Waals surface area contributed by atoms with E-state index in [2.05, 4.69) is 42.3 Å². The Morgan fingerprint density at radius 1 is 1.38 bits per heavy atom. The van der Waals surface area contributed by atoms with Crippen molar-refractivity contribution in [2.75, 3.05) is 12.4 Å². The molecule has 1 aromatic carbocycles. The van der Waals surface area contributed by atoms with Gasteiger partial charge < -0.3 is 10.1 Å². The van der Waals surface area contributed by atoms with Gasteiger partial charge in [0.2, 0.25) is 0 Å². The zero-order valence-corrected chi connectivity index (χ0v) is 15.0. The number of anilines is 1. The highest BCUT2D eigenvalue weighted by atomic mass is 79.9. The molecular weight excluding hydrogens is 402 g/mol. The van der Waals surface area contributed by atoms with Gasteiger partial charge in [-0.25, -0.2) is 4.68 Å². The lowest BCUT2D eigenvalue weighted by atomic mass is 10.1. The van der Waals surface area contributed by atoms with Gasteiger partial charge in [-0.15, -0.1) is 0 Å². The molecular formula is C14H15Br2N3O2. The number of nitrogens with zero attached hydrogens (tertiary/aromatic N) is 2. The average Bonchev–Trinajstić information content (AvgIpc) is 2.47. The fourth-order valence-electron chi connectivity index (χ4n) is 1.88. The number of ether oxygens (including phenoxy) is 1. The van der Waals surface area contributed by atoms with E-state index in [9.17, 15) is 4.79 Å². The third-order valence-electron chi connectivity index (χ3n) is 3.13. The molecule has 0 spiro atoms. The number of halogens is 2. The number of methoxy groups -OCH3 is 1. The Labute approximate surface area is 139 Å². The molecule has 1 aromatic heterocycles. The van der Waals surface area contributed by atoms with Gasteiger partial charge in [0.1, 0.15) is 10.2 Å². The predicted octanol–water partition coefficient (Wildman–Crippen LogP) is 3.49. The highest BCUT2D eigenvalue weighted by Gasteiger charge is 2.12. The largest absolute Gasteiger partial charge is 0.496 e. The molecule has 2 aromatic rings. The maximum atomic E-state index is 11.8. The van der Waals surface area contributed by atoms with Crippen LogP contribution in [0.3, 0.4) is 0 Å². The van der Waals surface area contributed by atoms with Crippen molar-refractivity contribution in [3.63, 3.8) is 0 Å². The number of benzene rings is 1. The Balaban J connectivity index is 2.26. The third kappa shape index (κ3) is 3.47. The first-order chi connectivity index (χ1) is 9.93. The average molecular weight is 417 g/mol. The fraction of sp³-hybridized carbons (Fsp3) is 0.286. The highest BCUT2D eigenvalue weighted by molar-refractivity contribution is 9.11. The van der Waals surface area contributed by atoms with E-state index in [1.165, 1.54) is 4.68 Å². The van der Waals surface area contributed by atoms with Crippen molar-refractivity contribution in [3.05, 3.63) is 49.3 Å². The maximum Gasteiger partial charge on any atom is 0.282 e. The standard InChI is InChI=1S/C14H15Br2N3O2/c1-8(9-4-5-12(21-3)10(15)6-9)18-11-7-17-19(2)14(20)13(11)16/h4-8,18H,1-3H3. The Kier molecular flexibility index (Phi) is 5.05. The van der Waals surface area contributed by atoms with Gasteiger partial charge in [0.15, 0.2) is 0 Å². The number of hydrogen-bond acceptors (Lipinski definition) is 4. The summed E-state index contributed by atoms with van der Waals surface area (Å²) in [6, 6.07) is 5.87. The molecule has 0 amide bonds. The van der Waals surface area contributed by atoms with Crippen LogP contribution in [-0.2, 0) is 7.05 Å². The molecule has 1 heterocycles. The molecule has 0 bridgehead atoms. The summed E-state index contributed by atoms with van der Waals surface area (Å²) in [7, 11) is 3.24. The minimum Gasteiger partial charge on any atom is -0.496 e. The zero-order valence-electron chi connectivity index (χ0n) is 11.9. The Hall–Kier alpha value is -1.34. The van der Waals surface area contributed by atoms with Crippen LogP contribution in [-0.4, -0.2) is 16.9 Å². The first kappa shape index (κ1) is 16.0. The van der Waals surface area contributed by atoms with Crippen LogP contribution in [0.2, 0.25) is 0 Å². The molecule has 112 valence electrons. The Morgan fingerprint density at radius 3 is 2.71 bits per heavy atom. The van der Waals surface area contributed by atoms with E-state index < -0.39 is 0 Å². The number of nitrogens with one attached hydrogen (secondary N) is 1. The Morgan fingerprint density at radius 2 is 2.10 bits per heavy atom. The minimum absolute atomic E-state index is 0.0115. The summed E-state index contributed by atoms with van der Waals surface area (Å²) in [5.41, 5.74) is 1.55. The first-order valence-corrected chi connectivity index (χ1v) is 7.84. The summed E-state index contributed by atoms with van der Waals surface area (Å²) in [4.78, 5) is 11.8. The molecule has 5 nitrogen and oxygen atoms in total. The number of aryl methyl sites for hydroxylation is 1. The summed E-state index contributed by atoms with van der Waals surface area (Å²) >= 11 is 6.77. The Bertz CT molecular complexity index is 716. The van der Waals surface area contributed by atoms with E-state index in [1.54, 1.807) is 20.4 Å². The van der Waals surface area contributed by atoms with Crippen molar-refractivity contribution in [1.29, 1.82) is 0 Å². The molecule has 7 heteroatoms. The fourth-order valence-corrected chi connectivity index (χ4v) is 2.91. The second-order valence-electron chi connectivity index (χ2n) is 4.56. The van der Waals surface area contributed by atoms with E-state index in [4.69, 9.17) is 4.74 Å². The van der Waals surface area contributed by atoms with Crippen molar-refractivity contribution >= 4 is 37.5 Å². The topological polar surface area (TPSA) is 56.1 Å².